The van der Waals surface area contributed by atoms with Crippen molar-refractivity contribution >= 4 is 41.5 Å². The van der Waals surface area contributed by atoms with E-state index in [4.69, 9.17) is 5.73 Å². The van der Waals surface area contributed by atoms with Crippen LogP contribution in [0.5, 0.6) is 0 Å². The van der Waals surface area contributed by atoms with Crippen LogP contribution in [0.1, 0.15) is 19.3 Å². The second kappa shape index (κ2) is 9.18. The van der Waals surface area contributed by atoms with Gasteiger partial charge in [-0.3, -0.25) is 4.79 Å². The fourth-order valence-corrected chi connectivity index (χ4v) is 2.86. The predicted octanol–water partition coefficient (Wildman–Crippen LogP) is 2.73. The zero-order chi connectivity index (χ0) is 14.4. The van der Waals surface area contributed by atoms with Gasteiger partial charge in [-0.05, 0) is 49.5 Å². The number of hydrogen-bond acceptors (Lipinski definition) is 4. The van der Waals surface area contributed by atoms with Gasteiger partial charge >= 0.3 is 0 Å². The number of thioether (sulfide) groups is 1. The third-order valence-electron chi connectivity index (χ3n) is 3.55. The number of nitrogens with one attached hydrogen (secondary N) is 1. The topological polar surface area (TPSA) is 58.4 Å². The van der Waals surface area contributed by atoms with Crippen molar-refractivity contribution in [3.05, 3.63) is 24.3 Å². The quantitative estimate of drug-likeness (QED) is 0.842. The highest BCUT2D eigenvalue weighted by atomic mass is 35.5. The van der Waals surface area contributed by atoms with Gasteiger partial charge in [-0.1, -0.05) is 6.07 Å². The lowest BCUT2D eigenvalue weighted by atomic mass is 10.2. The Kier molecular flexibility index (Phi) is 7.93. The van der Waals surface area contributed by atoms with Gasteiger partial charge in [-0.2, -0.15) is 11.8 Å². The van der Waals surface area contributed by atoms with Gasteiger partial charge in [-0.15, -0.1) is 12.4 Å². The molecule has 1 aliphatic rings. The van der Waals surface area contributed by atoms with Crippen molar-refractivity contribution in [2.45, 2.75) is 25.3 Å². The van der Waals surface area contributed by atoms with Crippen LogP contribution in [-0.4, -0.2) is 37.0 Å². The normalized spacial score (nSPS) is 15.4. The first-order chi connectivity index (χ1) is 9.70. The summed E-state index contributed by atoms with van der Waals surface area (Å²) < 4.78 is 0. The smallest absolute Gasteiger partial charge is 0.241 e. The molecule has 1 aliphatic heterocycles. The Bertz CT molecular complexity index is 452. The van der Waals surface area contributed by atoms with Gasteiger partial charge < -0.3 is 16.0 Å². The van der Waals surface area contributed by atoms with Gasteiger partial charge in [0.05, 0.1) is 6.04 Å². The SMILES string of the molecule is CSCC[C@H](N)C(=O)Nc1cccc(N2CCCC2)c1.Cl. The van der Waals surface area contributed by atoms with Crippen LogP contribution >= 0.6 is 24.2 Å². The van der Waals surface area contributed by atoms with E-state index in [9.17, 15) is 4.79 Å². The molecule has 118 valence electrons. The Morgan fingerprint density at radius 3 is 2.81 bits per heavy atom. The van der Waals surface area contributed by atoms with Crippen LogP contribution in [0.3, 0.4) is 0 Å². The fraction of sp³-hybridized carbons (Fsp3) is 0.533. The minimum absolute atomic E-state index is 0. The lowest BCUT2D eigenvalue weighted by Crippen LogP contribution is -2.36. The third kappa shape index (κ3) is 5.41. The van der Waals surface area contributed by atoms with Crippen molar-refractivity contribution in [1.82, 2.24) is 0 Å². The van der Waals surface area contributed by atoms with E-state index in [2.05, 4.69) is 16.3 Å². The van der Waals surface area contributed by atoms with E-state index in [0.29, 0.717) is 6.42 Å². The van der Waals surface area contributed by atoms with Crippen LogP contribution in [0.2, 0.25) is 0 Å². The molecule has 21 heavy (non-hydrogen) atoms. The average molecular weight is 330 g/mol. The van der Waals surface area contributed by atoms with Gasteiger partial charge in [0.15, 0.2) is 0 Å². The van der Waals surface area contributed by atoms with E-state index in [-0.39, 0.29) is 18.3 Å². The van der Waals surface area contributed by atoms with E-state index in [1.165, 1.54) is 18.5 Å². The molecule has 4 nitrogen and oxygen atoms in total. The number of nitrogens with zero attached hydrogens (tertiary/aromatic N) is 1. The van der Waals surface area contributed by atoms with Gasteiger partial charge in [0.2, 0.25) is 5.91 Å². The number of rotatable bonds is 6. The zero-order valence-corrected chi connectivity index (χ0v) is 14.0. The summed E-state index contributed by atoms with van der Waals surface area (Å²) in [6, 6.07) is 7.59. The molecule has 1 aromatic rings. The van der Waals surface area contributed by atoms with Crippen LogP contribution in [0.25, 0.3) is 0 Å². The minimum Gasteiger partial charge on any atom is -0.371 e. The Morgan fingerprint density at radius 2 is 2.14 bits per heavy atom. The fourth-order valence-electron chi connectivity index (χ4n) is 2.37. The highest BCUT2D eigenvalue weighted by Crippen LogP contribution is 2.23. The molecule has 1 amide bonds. The molecule has 0 unspecified atom stereocenters. The molecule has 1 atom stereocenters. The van der Waals surface area contributed by atoms with Gasteiger partial charge in [0.1, 0.15) is 0 Å². The third-order valence-corrected chi connectivity index (χ3v) is 4.20. The van der Waals surface area contributed by atoms with Crippen LogP contribution in [0.4, 0.5) is 11.4 Å². The molecular formula is C15H24ClN3OS. The Balaban J connectivity index is 0.00000220. The molecule has 1 aromatic carbocycles. The van der Waals surface area contributed by atoms with Crippen molar-refractivity contribution < 1.29 is 4.79 Å². The van der Waals surface area contributed by atoms with Crippen molar-refractivity contribution in [3.63, 3.8) is 0 Å². The zero-order valence-electron chi connectivity index (χ0n) is 12.4. The van der Waals surface area contributed by atoms with Crippen LogP contribution in [0, 0.1) is 0 Å². The number of halogens is 1. The largest absolute Gasteiger partial charge is 0.371 e. The van der Waals surface area contributed by atoms with Crippen molar-refractivity contribution in [1.29, 1.82) is 0 Å². The maximum absolute atomic E-state index is 12.0. The summed E-state index contributed by atoms with van der Waals surface area (Å²) in [5.74, 6) is 0.806. The summed E-state index contributed by atoms with van der Waals surface area (Å²) in [5, 5.41) is 2.91. The number of carbonyl (C=O) groups is 1. The molecule has 1 fully saturated rings. The summed E-state index contributed by atoms with van der Waals surface area (Å²) >= 11 is 1.71. The first kappa shape index (κ1) is 18.1. The maximum Gasteiger partial charge on any atom is 0.241 e. The van der Waals surface area contributed by atoms with Gasteiger partial charge in [0.25, 0.3) is 0 Å². The number of benzene rings is 1. The highest BCUT2D eigenvalue weighted by Gasteiger charge is 2.15. The molecule has 3 N–H and O–H groups in total. The van der Waals surface area contributed by atoms with Gasteiger partial charge in [-0.25, -0.2) is 0 Å². The van der Waals surface area contributed by atoms with Crippen molar-refractivity contribution in [2.24, 2.45) is 5.73 Å². The number of anilines is 2. The molecule has 0 saturated carbocycles. The van der Waals surface area contributed by atoms with E-state index >= 15 is 0 Å². The molecule has 6 heteroatoms. The summed E-state index contributed by atoms with van der Waals surface area (Å²) in [5.41, 5.74) is 7.89. The molecule has 1 heterocycles. The van der Waals surface area contributed by atoms with E-state index in [1.807, 2.05) is 24.5 Å². The molecular weight excluding hydrogens is 306 g/mol. The first-order valence-electron chi connectivity index (χ1n) is 7.11. The van der Waals surface area contributed by atoms with E-state index < -0.39 is 6.04 Å². The standard InChI is InChI=1S/C15H23N3OS.ClH/c1-20-10-7-14(16)15(19)17-12-5-4-6-13(11-12)18-8-2-3-9-18;/h4-6,11,14H,2-3,7-10,16H2,1H3,(H,17,19);1H/t14-;/m0./s1. The Hall–Kier alpha value is -0.910. The molecule has 2 rings (SSSR count). The number of hydrogen-bond donors (Lipinski definition) is 2. The average Bonchev–Trinajstić information content (AvgIpc) is 2.99. The lowest BCUT2D eigenvalue weighted by molar-refractivity contribution is -0.117. The molecule has 0 aliphatic carbocycles. The van der Waals surface area contributed by atoms with Crippen molar-refractivity contribution in [3.8, 4) is 0 Å². The molecule has 0 radical (unpaired) electrons. The first-order valence-corrected chi connectivity index (χ1v) is 8.50. The van der Waals surface area contributed by atoms with Crippen LogP contribution in [0.15, 0.2) is 24.3 Å². The number of nitrogens with two attached hydrogens (primary N) is 1. The summed E-state index contributed by atoms with van der Waals surface area (Å²) in [7, 11) is 0. The van der Waals surface area contributed by atoms with Crippen LogP contribution in [-0.2, 0) is 4.79 Å². The van der Waals surface area contributed by atoms with Gasteiger partial charge in [0, 0.05) is 24.5 Å². The van der Waals surface area contributed by atoms with E-state index in [0.717, 1.165) is 24.5 Å². The molecule has 0 spiro atoms. The Morgan fingerprint density at radius 1 is 1.43 bits per heavy atom. The molecule has 0 bridgehead atoms. The van der Waals surface area contributed by atoms with Crippen LogP contribution < -0.4 is 16.0 Å². The number of carbonyl (C=O) groups excluding carboxylic acids is 1. The Labute approximate surface area is 137 Å². The monoisotopic (exact) mass is 329 g/mol. The van der Waals surface area contributed by atoms with Crippen molar-refractivity contribution in [2.75, 3.05) is 35.3 Å². The maximum atomic E-state index is 12.0. The molecule has 0 aromatic heterocycles. The predicted molar refractivity (Wildman–Crippen MR) is 94.7 cm³/mol. The molecule has 1 saturated heterocycles. The second-order valence-electron chi connectivity index (χ2n) is 5.12. The summed E-state index contributed by atoms with van der Waals surface area (Å²) in [6.45, 7) is 2.20. The van der Waals surface area contributed by atoms with E-state index in [1.54, 1.807) is 11.8 Å². The minimum atomic E-state index is -0.433. The summed E-state index contributed by atoms with van der Waals surface area (Å²) in [4.78, 5) is 14.3. The lowest BCUT2D eigenvalue weighted by Gasteiger charge is -2.19. The second-order valence-corrected chi connectivity index (χ2v) is 6.11. The summed E-state index contributed by atoms with van der Waals surface area (Å²) in [6.07, 6.45) is 5.22. The highest BCUT2D eigenvalue weighted by molar-refractivity contribution is 7.98. The number of amides is 1.